The van der Waals surface area contributed by atoms with Crippen molar-refractivity contribution in [2.75, 3.05) is 7.05 Å². The van der Waals surface area contributed by atoms with Crippen molar-refractivity contribution in [3.63, 3.8) is 0 Å². The zero-order chi connectivity index (χ0) is 12.5. The molecule has 1 unspecified atom stereocenters. The first kappa shape index (κ1) is 13.7. The molecule has 2 nitrogen and oxygen atoms in total. The first-order chi connectivity index (χ1) is 7.34. The van der Waals surface area contributed by atoms with Gasteiger partial charge in [-0.1, -0.05) is 13.8 Å². The first-order valence-electron chi connectivity index (χ1n) is 5.37. The van der Waals surface area contributed by atoms with Crippen LogP contribution in [0.2, 0.25) is 0 Å². The van der Waals surface area contributed by atoms with E-state index in [1.54, 1.807) is 0 Å². The van der Waals surface area contributed by atoms with Crippen LogP contribution in [0, 0.1) is 12.8 Å². The first-order valence-corrected chi connectivity index (χ1v) is 6.98. The lowest BCUT2D eigenvalue weighted by Gasteiger charge is -2.27. The molecule has 0 aliphatic rings. The van der Waals surface area contributed by atoms with E-state index in [0.717, 1.165) is 14.2 Å². The molecule has 90 valence electrons. The number of thiophene rings is 1. The maximum absolute atomic E-state index is 12.2. The summed E-state index contributed by atoms with van der Waals surface area (Å²) in [4.78, 5) is 14.8. The minimum absolute atomic E-state index is 0.111. The zero-order valence-corrected chi connectivity index (χ0v) is 12.8. The van der Waals surface area contributed by atoms with E-state index in [0.29, 0.717) is 5.92 Å². The van der Waals surface area contributed by atoms with Gasteiger partial charge in [-0.25, -0.2) is 0 Å². The number of nitrogens with zero attached hydrogens (tertiary/aromatic N) is 1. The third-order valence-corrected chi connectivity index (χ3v) is 5.09. The van der Waals surface area contributed by atoms with Crippen LogP contribution in [0.4, 0.5) is 0 Å². The predicted octanol–water partition coefficient (Wildman–Crippen LogP) is 3.94. The van der Waals surface area contributed by atoms with Crippen molar-refractivity contribution in [1.82, 2.24) is 4.90 Å². The summed E-state index contributed by atoms with van der Waals surface area (Å²) in [6, 6.07) is 2.20. The van der Waals surface area contributed by atoms with Gasteiger partial charge in [0.15, 0.2) is 0 Å². The number of amides is 1. The van der Waals surface area contributed by atoms with Gasteiger partial charge in [0.2, 0.25) is 0 Å². The molecule has 0 saturated carbocycles. The van der Waals surface area contributed by atoms with E-state index in [4.69, 9.17) is 0 Å². The molecule has 1 heterocycles. The largest absolute Gasteiger partial charge is 0.338 e. The number of hydrogen-bond donors (Lipinski definition) is 0. The molecule has 0 spiro atoms. The van der Waals surface area contributed by atoms with Crippen LogP contribution >= 0.6 is 27.3 Å². The fourth-order valence-corrected chi connectivity index (χ4v) is 2.89. The molecule has 1 atom stereocenters. The van der Waals surface area contributed by atoms with Crippen LogP contribution in [0.25, 0.3) is 0 Å². The lowest BCUT2D eigenvalue weighted by atomic mass is 10.1. The van der Waals surface area contributed by atoms with Crippen LogP contribution in [0.5, 0.6) is 0 Å². The quantitative estimate of drug-likeness (QED) is 0.828. The third kappa shape index (κ3) is 2.86. The summed E-state index contributed by atoms with van der Waals surface area (Å²) in [7, 11) is 1.87. The molecule has 1 amide bonds. The van der Waals surface area contributed by atoms with E-state index in [-0.39, 0.29) is 11.9 Å². The Morgan fingerprint density at radius 1 is 1.44 bits per heavy atom. The smallest absolute Gasteiger partial charge is 0.263 e. The van der Waals surface area contributed by atoms with E-state index in [2.05, 4.69) is 36.7 Å². The number of carbonyl (C=O) groups is 1. The number of carbonyl (C=O) groups excluding carboxylic acids is 1. The van der Waals surface area contributed by atoms with Gasteiger partial charge in [-0.05, 0) is 47.3 Å². The Hall–Kier alpha value is -0.350. The summed E-state index contributed by atoms with van der Waals surface area (Å²) in [5.74, 6) is 0.582. The van der Waals surface area contributed by atoms with Crippen molar-refractivity contribution in [2.45, 2.75) is 33.7 Å². The Labute approximate surface area is 110 Å². The van der Waals surface area contributed by atoms with Gasteiger partial charge in [-0.15, -0.1) is 11.3 Å². The molecule has 1 aromatic rings. The van der Waals surface area contributed by atoms with Crippen LogP contribution in [-0.2, 0) is 0 Å². The molecule has 0 aliphatic heterocycles. The van der Waals surface area contributed by atoms with E-state index in [1.165, 1.54) is 11.3 Å². The second-order valence-electron chi connectivity index (χ2n) is 4.47. The Morgan fingerprint density at radius 3 is 2.38 bits per heavy atom. The number of aryl methyl sites for hydroxylation is 1. The minimum atomic E-state index is 0.111. The summed E-state index contributed by atoms with van der Waals surface area (Å²) in [5.41, 5.74) is 1.12. The van der Waals surface area contributed by atoms with Crippen LogP contribution < -0.4 is 0 Å². The second kappa shape index (κ2) is 5.32. The highest BCUT2D eigenvalue weighted by molar-refractivity contribution is 9.11. The lowest BCUT2D eigenvalue weighted by molar-refractivity contribution is 0.0712. The van der Waals surface area contributed by atoms with Gasteiger partial charge in [-0.3, -0.25) is 4.79 Å². The summed E-state index contributed by atoms with van der Waals surface area (Å²) in [6.07, 6.45) is 0. The molecule has 0 aliphatic carbocycles. The molecule has 1 aromatic heterocycles. The molecule has 0 radical (unpaired) electrons. The number of rotatable bonds is 3. The lowest BCUT2D eigenvalue weighted by Crippen LogP contribution is -2.37. The highest BCUT2D eigenvalue weighted by atomic mass is 79.9. The van der Waals surface area contributed by atoms with Gasteiger partial charge < -0.3 is 4.90 Å². The van der Waals surface area contributed by atoms with Gasteiger partial charge in [0.05, 0.1) is 8.66 Å². The van der Waals surface area contributed by atoms with Crippen molar-refractivity contribution in [3.05, 3.63) is 20.3 Å². The van der Waals surface area contributed by atoms with Gasteiger partial charge in [-0.2, -0.15) is 0 Å². The fraction of sp³-hybridized carbons (Fsp3) is 0.583. The number of hydrogen-bond acceptors (Lipinski definition) is 2. The summed E-state index contributed by atoms with van der Waals surface area (Å²) < 4.78 is 1.04. The van der Waals surface area contributed by atoms with Crippen LogP contribution in [0.15, 0.2) is 9.85 Å². The average molecular weight is 304 g/mol. The molecular weight excluding hydrogens is 286 g/mol. The van der Waals surface area contributed by atoms with Crippen molar-refractivity contribution in [1.29, 1.82) is 0 Å². The van der Waals surface area contributed by atoms with Crippen molar-refractivity contribution < 1.29 is 4.79 Å². The standard InChI is InChI=1S/C12H18BrNOS/c1-7(2)9(4)14(5)12(15)10-6-8(3)11(13)16-10/h6-7,9H,1-5H3. The van der Waals surface area contributed by atoms with Gasteiger partial charge >= 0.3 is 0 Å². The van der Waals surface area contributed by atoms with E-state index < -0.39 is 0 Å². The SMILES string of the molecule is Cc1cc(C(=O)N(C)C(C)C(C)C)sc1Br. The summed E-state index contributed by atoms with van der Waals surface area (Å²) >= 11 is 4.95. The molecule has 0 saturated heterocycles. The Morgan fingerprint density at radius 2 is 2.00 bits per heavy atom. The minimum Gasteiger partial charge on any atom is -0.338 e. The van der Waals surface area contributed by atoms with Crippen LogP contribution in [0.1, 0.15) is 36.0 Å². The van der Waals surface area contributed by atoms with Gasteiger partial charge in [0.25, 0.3) is 5.91 Å². The molecule has 0 fully saturated rings. The fourth-order valence-electron chi connectivity index (χ4n) is 1.37. The van der Waals surface area contributed by atoms with Gasteiger partial charge in [0, 0.05) is 13.1 Å². The average Bonchev–Trinajstić information content (AvgIpc) is 2.55. The summed E-state index contributed by atoms with van der Waals surface area (Å²) in [6.45, 7) is 8.34. The highest BCUT2D eigenvalue weighted by Crippen LogP contribution is 2.28. The second-order valence-corrected chi connectivity index (χ2v) is 6.84. The number of halogens is 1. The van der Waals surface area contributed by atoms with Crippen molar-refractivity contribution in [2.24, 2.45) is 5.92 Å². The molecule has 4 heteroatoms. The maximum Gasteiger partial charge on any atom is 0.263 e. The molecule has 16 heavy (non-hydrogen) atoms. The predicted molar refractivity (Wildman–Crippen MR) is 73.1 cm³/mol. The van der Waals surface area contributed by atoms with E-state index >= 15 is 0 Å². The normalized spacial score (nSPS) is 12.9. The monoisotopic (exact) mass is 303 g/mol. The Balaban J connectivity index is 2.86. The third-order valence-electron chi connectivity index (χ3n) is 2.96. The molecule has 0 N–H and O–H groups in total. The van der Waals surface area contributed by atoms with Crippen molar-refractivity contribution in [3.8, 4) is 0 Å². The van der Waals surface area contributed by atoms with E-state index in [1.807, 2.05) is 24.9 Å². The molecule has 0 aromatic carbocycles. The molecule has 0 bridgehead atoms. The van der Waals surface area contributed by atoms with E-state index in [9.17, 15) is 4.79 Å². The highest BCUT2D eigenvalue weighted by Gasteiger charge is 2.21. The molecular formula is C12H18BrNOS. The topological polar surface area (TPSA) is 20.3 Å². The zero-order valence-electron chi connectivity index (χ0n) is 10.4. The maximum atomic E-state index is 12.2. The van der Waals surface area contributed by atoms with Crippen LogP contribution in [0.3, 0.4) is 0 Å². The van der Waals surface area contributed by atoms with Crippen LogP contribution in [-0.4, -0.2) is 23.9 Å². The Kier molecular flexibility index (Phi) is 4.56. The molecule has 1 rings (SSSR count). The Bertz CT molecular complexity index is 367. The van der Waals surface area contributed by atoms with Gasteiger partial charge in [0.1, 0.15) is 0 Å². The van der Waals surface area contributed by atoms with Crippen molar-refractivity contribution >= 4 is 33.2 Å². The summed E-state index contributed by atoms with van der Waals surface area (Å²) in [5, 5.41) is 0.